The van der Waals surface area contributed by atoms with Gasteiger partial charge >= 0.3 is 0 Å². The Hall–Kier alpha value is -2.73. The fraction of sp³-hybridized carbons (Fsp3) is 0. The van der Waals surface area contributed by atoms with E-state index < -0.39 is 0 Å². The Kier molecular flexibility index (Phi) is 3.61. The van der Waals surface area contributed by atoms with Gasteiger partial charge in [0.15, 0.2) is 0 Å². The third-order valence-corrected chi connectivity index (χ3v) is 3.10. The Balaban J connectivity index is 1.73. The van der Waals surface area contributed by atoms with E-state index in [9.17, 15) is 4.79 Å². The predicted octanol–water partition coefficient (Wildman–Crippen LogP) is 2.57. The second kappa shape index (κ2) is 5.72. The fourth-order valence-corrected chi connectivity index (χ4v) is 1.91. The van der Waals surface area contributed by atoms with Gasteiger partial charge in [-0.3, -0.25) is 4.79 Å². The number of hydrogen-bond acceptors (Lipinski definition) is 4. The second-order valence-corrected chi connectivity index (χ2v) is 4.70. The van der Waals surface area contributed by atoms with E-state index in [0.717, 1.165) is 5.69 Å². The van der Waals surface area contributed by atoms with Crippen molar-refractivity contribution < 1.29 is 4.79 Å². The molecule has 0 radical (unpaired) electrons. The summed E-state index contributed by atoms with van der Waals surface area (Å²) in [6.45, 7) is 0. The second-order valence-electron chi connectivity index (χ2n) is 4.26. The number of nitrogens with zero attached hydrogens (tertiary/aromatic N) is 4. The number of tetrazole rings is 1. The van der Waals surface area contributed by atoms with Crippen molar-refractivity contribution in [2.24, 2.45) is 0 Å². The van der Waals surface area contributed by atoms with E-state index >= 15 is 0 Å². The van der Waals surface area contributed by atoms with Crippen LogP contribution in [0.2, 0.25) is 5.02 Å². The zero-order valence-electron chi connectivity index (χ0n) is 10.8. The van der Waals surface area contributed by atoms with E-state index in [0.29, 0.717) is 16.3 Å². The maximum absolute atomic E-state index is 12.0. The highest BCUT2D eigenvalue weighted by Crippen LogP contribution is 2.14. The minimum Gasteiger partial charge on any atom is -0.322 e. The highest BCUT2D eigenvalue weighted by atomic mass is 35.5. The molecule has 1 heterocycles. The molecule has 1 N–H and O–H groups in total. The summed E-state index contributed by atoms with van der Waals surface area (Å²) in [7, 11) is 0. The van der Waals surface area contributed by atoms with Gasteiger partial charge < -0.3 is 5.32 Å². The minimum atomic E-state index is -0.193. The number of carbonyl (C=O) groups is 1. The number of nitrogens with one attached hydrogen (secondary N) is 1. The van der Waals surface area contributed by atoms with Gasteiger partial charge in [-0.05, 0) is 59.0 Å². The van der Waals surface area contributed by atoms with Gasteiger partial charge in [0.2, 0.25) is 0 Å². The van der Waals surface area contributed by atoms with Crippen molar-refractivity contribution in [2.75, 3.05) is 5.32 Å². The van der Waals surface area contributed by atoms with Gasteiger partial charge in [0.25, 0.3) is 5.91 Å². The average Bonchev–Trinajstić information content (AvgIpc) is 3.03. The number of benzene rings is 2. The van der Waals surface area contributed by atoms with Crippen LogP contribution in [0.15, 0.2) is 54.9 Å². The van der Waals surface area contributed by atoms with Crippen molar-refractivity contribution in [1.29, 1.82) is 0 Å². The zero-order chi connectivity index (χ0) is 14.7. The minimum absolute atomic E-state index is 0.193. The fourth-order valence-electron chi connectivity index (χ4n) is 1.78. The summed E-state index contributed by atoms with van der Waals surface area (Å²) in [5, 5.41) is 14.3. The molecule has 6 nitrogen and oxygen atoms in total. The van der Waals surface area contributed by atoms with E-state index in [1.807, 2.05) is 12.1 Å². The lowest BCUT2D eigenvalue weighted by atomic mass is 10.2. The van der Waals surface area contributed by atoms with E-state index in [-0.39, 0.29) is 5.91 Å². The summed E-state index contributed by atoms with van der Waals surface area (Å²) < 4.78 is 1.53. The number of halogens is 1. The highest BCUT2D eigenvalue weighted by Gasteiger charge is 2.06. The van der Waals surface area contributed by atoms with Crippen LogP contribution in [-0.4, -0.2) is 26.1 Å². The van der Waals surface area contributed by atoms with Crippen LogP contribution in [-0.2, 0) is 0 Å². The molecule has 2 aromatic carbocycles. The molecule has 0 fully saturated rings. The van der Waals surface area contributed by atoms with Crippen molar-refractivity contribution in [3.05, 3.63) is 65.4 Å². The zero-order valence-corrected chi connectivity index (χ0v) is 11.5. The van der Waals surface area contributed by atoms with Crippen molar-refractivity contribution in [1.82, 2.24) is 20.2 Å². The number of aromatic nitrogens is 4. The third kappa shape index (κ3) is 3.06. The summed E-state index contributed by atoms with van der Waals surface area (Å²) in [5.41, 5.74) is 2.04. The standard InChI is InChI=1S/C14H10ClN5O/c15-11-3-1-10(2-4-11)14(21)17-12-5-7-13(8-6-12)20-9-16-18-19-20/h1-9H,(H,17,21). The van der Waals surface area contributed by atoms with Crippen LogP contribution in [0.3, 0.4) is 0 Å². The molecule has 104 valence electrons. The first-order valence-corrected chi connectivity index (χ1v) is 6.50. The van der Waals surface area contributed by atoms with Crippen LogP contribution >= 0.6 is 11.6 Å². The Morgan fingerprint density at radius 3 is 2.38 bits per heavy atom. The Labute approximate surface area is 125 Å². The highest BCUT2D eigenvalue weighted by molar-refractivity contribution is 6.30. The van der Waals surface area contributed by atoms with Crippen LogP contribution < -0.4 is 5.32 Å². The average molecular weight is 300 g/mol. The molecule has 0 atom stereocenters. The first-order valence-electron chi connectivity index (χ1n) is 6.13. The topological polar surface area (TPSA) is 72.7 Å². The lowest BCUT2D eigenvalue weighted by Gasteiger charge is -2.06. The molecule has 7 heteroatoms. The first kappa shape index (κ1) is 13.3. The van der Waals surface area contributed by atoms with E-state index in [4.69, 9.17) is 11.6 Å². The van der Waals surface area contributed by atoms with Gasteiger partial charge in [0, 0.05) is 16.3 Å². The molecule has 3 aromatic rings. The quantitative estimate of drug-likeness (QED) is 0.806. The normalized spacial score (nSPS) is 10.3. The Morgan fingerprint density at radius 1 is 1.05 bits per heavy atom. The smallest absolute Gasteiger partial charge is 0.255 e. The monoisotopic (exact) mass is 299 g/mol. The van der Waals surface area contributed by atoms with Crippen LogP contribution in [0, 0.1) is 0 Å². The predicted molar refractivity (Wildman–Crippen MR) is 78.6 cm³/mol. The first-order chi connectivity index (χ1) is 10.2. The number of amides is 1. The van der Waals surface area contributed by atoms with Crippen molar-refractivity contribution in [2.45, 2.75) is 0 Å². The molecule has 0 aliphatic heterocycles. The van der Waals surface area contributed by atoms with Gasteiger partial charge in [-0.15, -0.1) is 5.10 Å². The third-order valence-electron chi connectivity index (χ3n) is 2.85. The van der Waals surface area contributed by atoms with E-state index in [2.05, 4.69) is 20.8 Å². The molecule has 3 rings (SSSR count). The number of carbonyl (C=O) groups excluding carboxylic acids is 1. The molecule has 21 heavy (non-hydrogen) atoms. The number of anilines is 1. The van der Waals surface area contributed by atoms with Crippen molar-refractivity contribution >= 4 is 23.2 Å². The van der Waals surface area contributed by atoms with E-state index in [1.165, 1.54) is 11.0 Å². The van der Waals surface area contributed by atoms with Crippen molar-refractivity contribution in [3.8, 4) is 5.69 Å². The van der Waals surface area contributed by atoms with Gasteiger partial charge in [-0.25, -0.2) is 4.68 Å². The molecular formula is C14H10ClN5O. The molecule has 0 aliphatic carbocycles. The summed E-state index contributed by atoms with van der Waals surface area (Å²) in [5.74, 6) is -0.193. The lowest BCUT2D eigenvalue weighted by molar-refractivity contribution is 0.102. The maximum Gasteiger partial charge on any atom is 0.255 e. The van der Waals surface area contributed by atoms with Gasteiger partial charge in [0.1, 0.15) is 6.33 Å². The summed E-state index contributed by atoms with van der Waals surface area (Å²) in [6, 6.07) is 13.9. The molecule has 0 spiro atoms. The Bertz CT molecular complexity index is 738. The number of hydrogen-bond donors (Lipinski definition) is 1. The van der Waals surface area contributed by atoms with Crippen LogP contribution in [0.5, 0.6) is 0 Å². The molecule has 0 aliphatic rings. The molecule has 0 saturated carbocycles. The van der Waals surface area contributed by atoms with Crippen LogP contribution in [0.4, 0.5) is 5.69 Å². The summed E-state index contributed by atoms with van der Waals surface area (Å²) >= 11 is 5.79. The van der Waals surface area contributed by atoms with Gasteiger partial charge in [-0.2, -0.15) is 0 Å². The lowest BCUT2D eigenvalue weighted by Crippen LogP contribution is -2.11. The van der Waals surface area contributed by atoms with E-state index in [1.54, 1.807) is 36.4 Å². The Morgan fingerprint density at radius 2 is 1.76 bits per heavy atom. The molecule has 0 saturated heterocycles. The molecular weight excluding hydrogens is 290 g/mol. The maximum atomic E-state index is 12.0. The summed E-state index contributed by atoms with van der Waals surface area (Å²) in [6.07, 6.45) is 1.50. The summed E-state index contributed by atoms with van der Waals surface area (Å²) in [4.78, 5) is 12.0. The van der Waals surface area contributed by atoms with Gasteiger partial charge in [0.05, 0.1) is 5.69 Å². The largest absolute Gasteiger partial charge is 0.322 e. The molecule has 0 unspecified atom stereocenters. The van der Waals surface area contributed by atoms with Crippen LogP contribution in [0.1, 0.15) is 10.4 Å². The van der Waals surface area contributed by atoms with Crippen molar-refractivity contribution in [3.63, 3.8) is 0 Å². The molecule has 0 bridgehead atoms. The van der Waals surface area contributed by atoms with Crippen LogP contribution in [0.25, 0.3) is 5.69 Å². The number of rotatable bonds is 3. The SMILES string of the molecule is O=C(Nc1ccc(-n2cnnn2)cc1)c1ccc(Cl)cc1. The molecule has 1 amide bonds. The van der Waals surface area contributed by atoms with Gasteiger partial charge in [-0.1, -0.05) is 11.6 Å². The molecule has 1 aromatic heterocycles.